The Bertz CT molecular complexity index is 521. The lowest BCUT2D eigenvalue weighted by atomic mass is 10.0. The number of aliphatic imine (C=N–C) groups is 1. The van der Waals surface area contributed by atoms with Crippen LogP contribution in [0.5, 0.6) is 0 Å². The fourth-order valence-electron chi connectivity index (χ4n) is 2.30. The van der Waals surface area contributed by atoms with Crippen LogP contribution in [0.25, 0.3) is 0 Å². The third kappa shape index (κ3) is 5.60. The molecule has 0 N–H and O–H groups in total. The van der Waals surface area contributed by atoms with Crippen molar-refractivity contribution in [2.24, 2.45) is 4.99 Å². The summed E-state index contributed by atoms with van der Waals surface area (Å²) in [6.07, 6.45) is 3.97. The highest BCUT2D eigenvalue weighted by atomic mass is 79.9. The van der Waals surface area contributed by atoms with E-state index in [0.29, 0.717) is 0 Å². The van der Waals surface area contributed by atoms with Crippen LogP contribution in [-0.2, 0) is 13.0 Å². The van der Waals surface area contributed by atoms with Gasteiger partial charge in [-0.3, -0.25) is 0 Å². The van der Waals surface area contributed by atoms with Gasteiger partial charge in [-0.15, -0.1) is 0 Å². The molecule has 0 radical (unpaired) electrons. The Kier molecular flexibility index (Phi) is 7.34. The van der Waals surface area contributed by atoms with E-state index in [-0.39, 0.29) is 5.54 Å². The van der Waals surface area contributed by atoms with Crippen molar-refractivity contribution < 1.29 is 0 Å². The molecule has 0 bridgehead atoms. The third-order valence-electron chi connectivity index (χ3n) is 3.68. The minimum absolute atomic E-state index is 0.0271. The molecule has 0 aliphatic rings. The van der Waals surface area contributed by atoms with Crippen LogP contribution in [-0.4, -0.2) is 16.3 Å². The zero-order valence-corrected chi connectivity index (χ0v) is 16.4. The monoisotopic (exact) mass is 364 g/mol. The summed E-state index contributed by atoms with van der Waals surface area (Å²) in [6, 6.07) is 8.91. The molecule has 122 valence electrons. The van der Waals surface area contributed by atoms with Crippen LogP contribution in [0.4, 0.5) is 0 Å². The Labute approximate surface area is 144 Å². The summed E-state index contributed by atoms with van der Waals surface area (Å²) in [4.78, 5) is 7.12. The van der Waals surface area contributed by atoms with E-state index in [1.54, 1.807) is 0 Å². The number of nitrogens with zero attached hydrogens (tertiary/aromatic N) is 2. The molecule has 0 aliphatic carbocycles. The number of allylic oxidation sites excluding steroid dienone is 1. The molecule has 1 aromatic carbocycles. The minimum Gasteiger partial charge on any atom is -0.351 e. The Morgan fingerprint density at radius 1 is 1.14 bits per heavy atom. The molecule has 0 saturated heterocycles. The molecule has 0 atom stereocenters. The van der Waals surface area contributed by atoms with Gasteiger partial charge in [0.25, 0.3) is 0 Å². The average Bonchev–Trinajstić information content (AvgIpc) is 2.49. The van der Waals surface area contributed by atoms with Crippen molar-refractivity contribution in [1.29, 1.82) is 0 Å². The van der Waals surface area contributed by atoms with Crippen molar-refractivity contribution in [3.63, 3.8) is 0 Å². The summed E-state index contributed by atoms with van der Waals surface area (Å²) in [5, 5.41) is 0. The van der Waals surface area contributed by atoms with Gasteiger partial charge in [-0.2, -0.15) is 0 Å². The fourth-order valence-corrected chi connectivity index (χ4v) is 2.50. The number of aryl methyl sites for hydroxylation is 1. The smallest absolute Gasteiger partial charge is 0.106 e. The van der Waals surface area contributed by atoms with Crippen molar-refractivity contribution in [2.45, 2.75) is 66.5 Å². The molecule has 0 aliphatic heterocycles. The van der Waals surface area contributed by atoms with Gasteiger partial charge in [0.15, 0.2) is 0 Å². The number of halogens is 1. The van der Waals surface area contributed by atoms with Crippen LogP contribution in [0.2, 0.25) is 0 Å². The molecule has 3 heteroatoms. The van der Waals surface area contributed by atoms with Crippen LogP contribution >= 0.6 is 15.9 Å². The number of amidine groups is 1. The van der Waals surface area contributed by atoms with Gasteiger partial charge in [-0.05, 0) is 61.2 Å². The van der Waals surface area contributed by atoms with Crippen molar-refractivity contribution in [1.82, 2.24) is 4.90 Å². The molecule has 0 amide bonds. The second kappa shape index (κ2) is 8.52. The maximum atomic E-state index is 4.73. The second-order valence-electron chi connectivity index (χ2n) is 6.42. The zero-order valence-electron chi connectivity index (χ0n) is 14.8. The van der Waals surface area contributed by atoms with Crippen LogP contribution < -0.4 is 0 Å². The molecule has 22 heavy (non-hydrogen) atoms. The molecule has 0 spiro atoms. The average molecular weight is 365 g/mol. The molecule has 0 heterocycles. The van der Waals surface area contributed by atoms with E-state index < -0.39 is 0 Å². The standard InChI is InChI=1S/C19H29BrN2/c1-7-15-10-12-16(13-11-15)14-22(19(4,5)6)18(9-3)21-17(20)8-2/h8,10-13H,7,9,14H2,1-6H3/b17-8-,21-18?. The van der Waals surface area contributed by atoms with Crippen LogP contribution in [0, 0.1) is 0 Å². The maximum Gasteiger partial charge on any atom is 0.106 e. The number of hydrogen-bond acceptors (Lipinski definition) is 1. The van der Waals surface area contributed by atoms with Gasteiger partial charge in [-0.25, -0.2) is 4.99 Å². The van der Waals surface area contributed by atoms with Gasteiger partial charge in [0.05, 0.1) is 0 Å². The summed E-state index contributed by atoms with van der Waals surface area (Å²) >= 11 is 3.50. The number of benzene rings is 1. The largest absolute Gasteiger partial charge is 0.351 e. The molecular formula is C19H29BrN2. The highest BCUT2D eigenvalue weighted by molar-refractivity contribution is 9.11. The van der Waals surface area contributed by atoms with E-state index >= 15 is 0 Å². The number of hydrogen-bond donors (Lipinski definition) is 0. The van der Waals surface area contributed by atoms with E-state index in [9.17, 15) is 0 Å². The predicted molar refractivity (Wildman–Crippen MR) is 102 cm³/mol. The lowest BCUT2D eigenvalue weighted by Crippen LogP contribution is -2.44. The highest BCUT2D eigenvalue weighted by Crippen LogP contribution is 2.21. The molecule has 2 nitrogen and oxygen atoms in total. The van der Waals surface area contributed by atoms with E-state index in [4.69, 9.17) is 4.99 Å². The van der Waals surface area contributed by atoms with E-state index in [0.717, 1.165) is 29.8 Å². The summed E-state index contributed by atoms with van der Waals surface area (Å²) in [5.41, 5.74) is 2.73. The lowest BCUT2D eigenvalue weighted by molar-refractivity contribution is 0.225. The summed E-state index contributed by atoms with van der Waals surface area (Å²) < 4.78 is 0.889. The van der Waals surface area contributed by atoms with Gasteiger partial charge in [0, 0.05) is 18.5 Å². The molecule has 1 aromatic rings. The third-order valence-corrected chi connectivity index (χ3v) is 4.32. The first kappa shape index (κ1) is 19.0. The summed E-state index contributed by atoms with van der Waals surface area (Å²) in [7, 11) is 0. The van der Waals surface area contributed by atoms with Gasteiger partial charge in [0.2, 0.25) is 0 Å². The first-order valence-corrected chi connectivity index (χ1v) is 8.85. The van der Waals surface area contributed by atoms with Gasteiger partial charge < -0.3 is 4.90 Å². The van der Waals surface area contributed by atoms with Crippen molar-refractivity contribution in [2.75, 3.05) is 0 Å². The SMILES string of the molecule is C/C=C(/Br)N=C(CC)N(Cc1ccc(CC)cc1)C(C)(C)C. The minimum atomic E-state index is 0.0271. The van der Waals surface area contributed by atoms with Crippen molar-refractivity contribution in [3.8, 4) is 0 Å². The quantitative estimate of drug-likeness (QED) is 0.360. The molecule has 1 rings (SSSR count). The first-order chi connectivity index (χ1) is 10.3. The maximum absolute atomic E-state index is 4.73. The van der Waals surface area contributed by atoms with Gasteiger partial charge in [-0.1, -0.05) is 44.2 Å². The van der Waals surface area contributed by atoms with Crippen LogP contribution in [0.1, 0.15) is 59.1 Å². The van der Waals surface area contributed by atoms with Crippen LogP contribution in [0.15, 0.2) is 39.9 Å². The Morgan fingerprint density at radius 3 is 2.09 bits per heavy atom. The lowest BCUT2D eigenvalue weighted by Gasteiger charge is -2.38. The molecule has 0 saturated carbocycles. The van der Waals surface area contributed by atoms with Crippen LogP contribution in [0.3, 0.4) is 0 Å². The fraction of sp³-hybridized carbons (Fsp3) is 0.526. The van der Waals surface area contributed by atoms with E-state index in [1.165, 1.54) is 11.1 Å². The molecule has 0 unspecified atom stereocenters. The number of rotatable bonds is 5. The summed E-state index contributed by atoms with van der Waals surface area (Å²) in [6.45, 7) is 13.9. The Morgan fingerprint density at radius 2 is 1.68 bits per heavy atom. The normalized spacial score (nSPS) is 13.4. The van der Waals surface area contributed by atoms with E-state index in [2.05, 4.69) is 79.7 Å². The Hall–Kier alpha value is -1.09. The van der Waals surface area contributed by atoms with Crippen molar-refractivity contribution in [3.05, 3.63) is 46.1 Å². The topological polar surface area (TPSA) is 15.6 Å². The molecule has 0 fully saturated rings. The molecule has 0 aromatic heterocycles. The summed E-state index contributed by atoms with van der Waals surface area (Å²) in [5.74, 6) is 1.11. The Balaban J connectivity index is 3.09. The molecular weight excluding hydrogens is 336 g/mol. The van der Waals surface area contributed by atoms with Crippen molar-refractivity contribution >= 4 is 21.8 Å². The van der Waals surface area contributed by atoms with E-state index in [1.807, 2.05) is 13.0 Å². The second-order valence-corrected chi connectivity index (χ2v) is 7.23. The van der Waals surface area contributed by atoms with Gasteiger partial charge >= 0.3 is 0 Å². The highest BCUT2D eigenvalue weighted by Gasteiger charge is 2.24. The zero-order chi connectivity index (χ0) is 16.8. The predicted octanol–water partition coefficient (Wildman–Crippen LogP) is 5.91. The first-order valence-electron chi connectivity index (χ1n) is 8.06. The van der Waals surface area contributed by atoms with Gasteiger partial charge in [0.1, 0.15) is 10.4 Å².